The quantitative estimate of drug-likeness (QED) is 0.525. The fourth-order valence-corrected chi connectivity index (χ4v) is 4.52. The number of hydrogen-bond donors (Lipinski definition) is 3. The van der Waals surface area contributed by atoms with Crippen LogP contribution in [0.1, 0.15) is 32.1 Å². The molecule has 0 aromatic rings. The van der Waals surface area contributed by atoms with Gasteiger partial charge in [-0.1, -0.05) is 0 Å². The average molecular weight is 312 g/mol. The summed E-state index contributed by atoms with van der Waals surface area (Å²) in [5.74, 6) is 2.73. The minimum atomic E-state index is -0.558. The van der Waals surface area contributed by atoms with Crippen molar-refractivity contribution in [3.63, 3.8) is 0 Å². The second-order valence-electron chi connectivity index (χ2n) is 6.64. The first-order valence-electron chi connectivity index (χ1n) is 8.20. The van der Waals surface area contributed by atoms with Gasteiger partial charge in [0.15, 0.2) is 5.96 Å². The highest BCUT2D eigenvalue weighted by atomic mass is 32.2. The molecule has 2 heterocycles. The predicted molar refractivity (Wildman–Crippen MR) is 89.0 cm³/mol. The van der Waals surface area contributed by atoms with Crippen LogP contribution in [0, 0.1) is 0 Å². The monoisotopic (exact) mass is 312 g/mol. The highest BCUT2D eigenvalue weighted by molar-refractivity contribution is 7.99. The third-order valence-electron chi connectivity index (χ3n) is 4.82. The molecule has 3 aliphatic rings. The minimum Gasteiger partial charge on any atom is -0.387 e. The SMILES string of the molecule is CN=C(NCC1(O)CCSC1)NC1CCN(C2CC2)CC1. The van der Waals surface area contributed by atoms with Crippen LogP contribution in [0.2, 0.25) is 0 Å². The number of aliphatic hydroxyl groups is 1. The molecular formula is C15H28N4OS. The molecule has 1 aliphatic carbocycles. The molecule has 0 aromatic carbocycles. The molecule has 1 atom stereocenters. The summed E-state index contributed by atoms with van der Waals surface area (Å²) in [6.07, 6.45) is 6.06. The van der Waals surface area contributed by atoms with E-state index in [1.54, 1.807) is 0 Å². The number of aliphatic imine (C=N–C) groups is 1. The zero-order chi connectivity index (χ0) is 14.7. The summed E-state index contributed by atoms with van der Waals surface area (Å²) in [5, 5.41) is 17.2. The number of hydrogen-bond acceptors (Lipinski definition) is 4. The summed E-state index contributed by atoms with van der Waals surface area (Å²) in [6.45, 7) is 3.01. The Kier molecular flexibility index (Phi) is 4.96. The van der Waals surface area contributed by atoms with Crippen LogP contribution in [-0.2, 0) is 0 Å². The first kappa shape index (κ1) is 15.4. The fourth-order valence-electron chi connectivity index (χ4n) is 3.22. The third-order valence-corrected chi connectivity index (χ3v) is 6.06. The first-order chi connectivity index (χ1) is 10.2. The second-order valence-corrected chi connectivity index (χ2v) is 7.74. The van der Waals surface area contributed by atoms with Gasteiger partial charge in [-0.05, 0) is 37.9 Å². The maximum atomic E-state index is 10.4. The lowest BCUT2D eigenvalue weighted by Gasteiger charge is -2.33. The van der Waals surface area contributed by atoms with Gasteiger partial charge >= 0.3 is 0 Å². The maximum Gasteiger partial charge on any atom is 0.191 e. The van der Waals surface area contributed by atoms with Crippen LogP contribution in [0.15, 0.2) is 4.99 Å². The van der Waals surface area contributed by atoms with Gasteiger partial charge in [0, 0.05) is 44.5 Å². The lowest BCUT2D eigenvalue weighted by Crippen LogP contribution is -2.52. The zero-order valence-electron chi connectivity index (χ0n) is 13.0. The summed E-state index contributed by atoms with van der Waals surface area (Å²) in [6, 6.07) is 1.40. The predicted octanol–water partition coefficient (Wildman–Crippen LogP) is 0.646. The molecule has 3 fully saturated rings. The Hall–Kier alpha value is -0.460. The summed E-state index contributed by atoms with van der Waals surface area (Å²) in [7, 11) is 1.81. The highest BCUT2D eigenvalue weighted by Gasteiger charge is 2.33. The van der Waals surface area contributed by atoms with E-state index in [9.17, 15) is 5.11 Å². The number of likely N-dealkylation sites (tertiary alicyclic amines) is 1. The van der Waals surface area contributed by atoms with E-state index >= 15 is 0 Å². The summed E-state index contributed by atoms with van der Waals surface area (Å²) >= 11 is 1.83. The molecule has 3 N–H and O–H groups in total. The molecule has 3 rings (SSSR count). The van der Waals surface area contributed by atoms with E-state index in [-0.39, 0.29) is 0 Å². The van der Waals surface area contributed by atoms with Gasteiger partial charge in [0.25, 0.3) is 0 Å². The molecule has 0 amide bonds. The Labute approximate surface area is 132 Å². The summed E-state index contributed by atoms with van der Waals surface area (Å²) in [5.41, 5.74) is -0.558. The lowest BCUT2D eigenvalue weighted by atomic mass is 10.0. The molecule has 0 spiro atoms. The topological polar surface area (TPSA) is 59.9 Å². The lowest BCUT2D eigenvalue weighted by molar-refractivity contribution is 0.0723. The molecule has 5 nitrogen and oxygen atoms in total. The van der Waals surface area contributed by atoms with Crippen molar-refractivity contribution >= 4 is 17.7 Å². The maximum absolute atomic E-state index is 10.4. The normalized spacial score (nSPS) is 32.4. The Morgan fingerprint density at radius 2 is 2.10 bits per heavy atom. The fraction of sp³-hybridized carbons (Fsp3) is 0.933. The van der Waals surface area contributed by atoms with Gasteiger partial charge in [-0.25, -0.2) is 0 Å². The molecule has 21 heavy (non-hydrogen) atoms. The number of guanidine groups is 1. The van der Waals surface area contributed by atoms with Crippen LogP contribution >= 0.6 is 11.8 Å². The molecule has 1 unspecified atom stereocenters. The standard InChI is InChI=1S/C15H28N4OS/c1-16-14(17-10-15(20)6-9-21-11-15)18-12-4-7-19(8-5-12)13-2-3-13/h12-13,20H,2-11H2,1H3,(H2,16,17,18). The minimum absolute atomic E-state index is 0.513. The molecule has 120 valence electrons. The molecule has 1 saturated carbocycles. The Morgan fingerprint density at radius 3 is 2.67 bits per heavy atom. The Morgan fingerprint density at radius 1 is 1.33 bits per heavy atom. The van der Waals surface area contributed by atoms with Gasteiger partial charge in [0.05, 0.1) is 5.60 Å². The van der Waals surface area contributed by atoms with Crippen LogP contribution in [0.5, 0.6) is 0 Å². The molecule has 0 radical (unpaired) electrons. The van der Waals surface area contributed by atoms with Crippen molar-refractivity contribution in [1.29, 1.82) is 0 Å². The van der Waals surface area contributed by atoms with Crippen molar-refractivity contribution in [3.05, 3.63) is 0 Å². The van der Waals surface area contributed by atoms with Crippen LogP contribution in [0.25, 0.3) is 0 Å². The van der Waals surface area contributed by atoms with Crippen molar-refractivity contribution in [1.82, 2.24) is 15.5 Å². The number of nitrogens with one attached hydrogen (secondary N) is 2. The van der Waals surface area contributed by atoms with Gasteiger partial charge in [-0.15, -0.1) is 0 Å². The second kappa shape index (κ2) is 6.75. The molecule has 0 aromatic heterocycles. The smallest absolute Gasteiger partial charge is 0.191 e. The van der Waals surface area contributed by atoms with Crippen molar-refractivity contribution in [3.8, 4) is 0 Å². The number of thioether (sulfide) groups is 1. The molecule has 2 saturated heterocycles. The molecular weight excluding hydrogens is 284 g/mol. The van der Waals surface area contributed by atoms with E-state index in [0.29, 0.717) is 12.6 Å². The van der Waals surface area contributed by atoms with Gasteiger partial charge in [0.1, 0.15) is 0 Å². The van der Waals surface area contributed by atoms with E-state index in [1.807, 2.05) is 18.8 Å². The molecule has 0 bridgehead atoms. The van der Waals surface area contributed by atoms with E-state index in [2.05, 4.69) is 20.5 Å². The summed E-state index contributed by atoms with van der Waals surface area (Å²) < 4.78 is 0. The molecule has 6 heteroatoms. The van der Waals surface area contributed by atoms with Crippen molar-refractivity contribution in [2.24, 2.45) is 4.99 Å². The van der Waals surface area contributed by atoms with Crippen LogP contribution in [0.3, 0.4) is 0 Å². The third kappa shape index (κ3) is 4.27. The van der Waals surface area contributed by atoms with E-state index in [4.69, 9.17) is 0 Å². The van der Waals surface area contributed by atoms with Crippen LogP contribution in [0.4, 0.5) is 0 Å². The Bertz CT molecular complexity index is 372. The van der Waals surface area contributed by atoms with Gasteiger partial charge in [0.2, 0.25) is 0 Å². The van der Waals surface area contributed by atoms with Crippen molar-refractivity contribution in [2.45, 2.75) is 49.8 Å². The highest BCUT2D eigenvalue weighted by Crippen LogP contribution is 2.29. The van der Waals surface area contributed by atoms with Gasteiger partial charge in [-0.3, -0.25) is 4.99 Å². The largest absolute Gasteiger partial charge is 0.387 e. The average Bonchev–Trinajstić information content (AvgIpc) is 3.26. The van der Waals surface area contributed by atoms with Crippen LogP contribution < -0.4 is 10.6 Å². The van der Waals surface area contributed by atoms with E-state index < -0.39 is 5.60 Å². The first-order valence-corrected chi connectivity index (χ1v) is 9.35. The van der Waals surface area contributed by atoms with Crippen molar-refractivity contribution in [2.75, 3.05) is 38.2 Å². The number of piperidine rings is 1. The van der Waals surface area contributed by atoms with E-state index in [0.717, 1.165) is 29.9 Å². The van der Waals surface area contributed by atoms with E-state index in [1.165, 1.54) is 38.8 Å². The Balaban J connectivity index is 1.40. The molecule has 2 aliphatic heterocycles. The summed E-state index contributed by atoms with van der Waals surface area (Å²) in [4.78, 5) is 6.94. The van der Waals surface area contributed by atoms with Crippen molar-refractivity contribution < 1.29 is 5.11 Å². The zero-order valence-corrected chi connectivity index (χ0v) is 13.8. The number of nitrogens with zero attached hydrogens (tertiary/aromatic N) is 2. The van der Waals surface area contributed by atoms with Gasteiger partial charge < -0.3 is 20.6 Å². The number of rotatable bonds is 4. The van der Waals surface area contributed by atoms with Gasteiger partial charge in [-0.2, -0.15) is 11.8 Å². The van der Waals surface area contributed by atoms with Crippen LogP contribution in [-0.4, -0.2) is 71.8 Å².